The van der Waals surface area contributed by atoms with E-state index < -0.39 is 0 Å². The maximum Gasteiger partial charge on any atom is 0.176 e. The number of aromatic hydroxyl groups is 1. The Bertz CT molecular complexity index is 754. The SMILES string of the molecule is Cc1ccc(-c2nc3c(cnn3CC(C)C)[nH]2)c(O)c1. The quantitative estimate of drug-likeness (QED) is 0.768. The Labute approximate surface area is 117 Å². The molecule has 0 unspecified atom stereocenters. The molecule has 5 nitrogen and oxygen atoms in total. The van der Waals surface area contributed by atoms with E-state index in [1.54, 1.807) is 12.3 Å². The number of phenolic OH excluding ortho intramolecular Hbond substituents is 1. The van der Waals surface area contributed by atoms with Gasteiger partial charge >= 0.3 is 0 Å². The summed E-state index contributed by atoms with van der Waals surface area (Å²) in [5, 5.41) is 14.4. The van der Waals surface area contributed by atoms with E-state index in [2.05, 4.69) is 28.9 Å². The zero-order valence-electron chi connectivity index (χ0n) is 11.9. The minimum Gasteiger partial charge on any atom is -0.507 e. The van der Waals surface area contributed by atoms with Gasteiger partial charge in [0, 0.05) is 6.54 Å². The fourth-order valence-electron chi connectivity index (χ4n) is 2.30. The molecule has 0 fully saturated rings. The molecular formula is C15H18N4O. The number of imidazole rings is 1. The Morgan fingerprint density at radius 2 is 2.15 bits per heavy atom. The molecule has 3 rings (SSSR count). The summed E-state index contributed by atoms with van der Waals surface area (Å²) < 4.78 is 1.89. The van der Waals surface area contributed by atoms with E-state index in [-0.39, 0.29) is 5.75 Å². The lowest BCUT2D eigenvalue weighted by molar-refractivity contribution is 0.476. The van der Waals surface area contributed by atoms with Gasteiger partial charge in [-0.3, -0.25) is 0 Å². The van der Waals surface area contributed by atoms with Gasteiger partial charge in [-0.2, -0.15) is 5.10 Å². The van der Waals surface area contributed by atoms with Crippen LogP contribution in [0.2, 0.25) is 0 Å². The zero-order valence-corrected chi connectivity index (χ0v) is 11.9. The van der Waals surface area contributed by atoms with Crippen LogP contribution in [0.4, 0.5) is 0 Å². The first kappa shape index (κ1) is 12.7. The van der Waals surface area contributed by atoms with Gasteiger partial charge in [-0.15, -0.1) is 0 Å². The van der Waals surface area contributed by atoms with E-state index >= 15 is 0 Å². The minimum atomic E-state index is 0.241. The summed E-state index contributed by atoms with van der Waals surface area (Å²) >= 11 is 0. The number of aromatic nitrogens is 4. The number of hydrogen-bond acceptors (Lipinski definition) is 3. The summed E-state index contributed by atoms with van der Waals surface area (Å²) in [6, 6.07) is 5.58. The van der Waals surface area contributed by atoms with Gasteiger partial charge in [0.2, 0.25) is 0 Å². The van der Waals surface area contributed by atoms with E-state index in [9.17, 15) is 5.11 Å². The van der Waals surface area contributed by atoms with Crippen molar-refractivity contribution in [1.29, 1.82) is 0 Å². The summed E-state index contributed by atoms with van der Waals surface area (Å²) in [4.78, 5) is 7.78. The fourth-order valence-corrected chi connectivity index (χ4v) is 2.30. The lowest BCUT2D eigenvalue weighted by Gasteiger charge is -2.04. The molecule has 2 aromatic heterocycles. The molecule has 0 atom stereocenters. The second-order valence-corrected chi connectivity index (χ2v) is 5.56. The van der Waals surface area contributed by atoms with E-state index in [1.165, 1.54) is 0 Å². The summed E-state index contributed by atoms with van der Waals surface area (Å²) in [6.07, 6.45) is 1.78. The van der Waals surface area contributed by atoms with Crippen molar-refractivity contribution in [3.05, 3.63) is 30.0 Å². The molecule has 0 aliphatic heterocycles. The van der Waals surface area contributed by atoms with Crippen LogP contribution in [0.25, 0.3) is 22.6 Å². The van der Waals surface area contributed by atoms with E-state index in [1.807, 2.05) is 23.7 Å². The van der Waals surface area contributed by atoms with Gasteiger partial charge in [0.1, 0.15) is 17.1 Å². The average Bonchev–Trinajstić information content (AvgIpc) is 2.91. The lowest BCUT2D eigenvalue weighted by atomic mass is 10.1. The van der Waals surface area contributed by atoms with Crippen LogP contribution in [0.3, 0.4) is 0 Å². The molecular weight excluding hydrogens is 252 g/mol. The Kier molecular flexibility index (Phi) is 2.97. The first-order valence-corrected chi connectivity index (χ1v) is 6.76. The van der Waals surface area contributed by atoms with Gasteiger partial charge in [0.15, 0.2) is 5.65 Å². The van der Waals surface area contributed by atoms with Crippen molar-refractivity contribution in [2.75, 3.05) is 0 Å². The molecule has 5 heteroatoms. The molecule has 3 aromatic rings. The minimum absolute atomic E-state index is 0.241. The first-order chi connectivity index (χ1) is 9.54. The smallest absolute Gasteiger partial charge is 0.176 e. The van der Waals surface area contributed by atoms with Crippen LogP contribution in [-0.2, 0) is 6.54 Å². The Hall–Kier alpha value is -2.30. The highest BCUT2D eigenvalue weighted by Crippen LogP contribution is 2.29. The average molecular weight is 270 g/mol. The molecule has 0 bridgehead atoms. The van der Waals surface area contributed by atoms with Crippen LogP contribution in [0.5, 0.6) is 5.75 Å². The lowest BCUT2D eigenvalue weighted by Crippen LogP contribution is -2.05. The van der Waals surface area contributed by atoms with Crippen molar-refractivity contribution in [2.24, 2.45) is 5.92 Å². The van der Waals surface area contributed by atoms with Gasteiger partial charge in [-0.05, 0) is 30.5 Å². The van der Waals surface area contributed by atoms with Crippen LogP contribution < -0.4 is 0 Å². The molecule has 104 valence electrons. The maximum atomic E-state index is 10.0. The third-order valence-corrected chi connectivity index (χ3v) is 3.23. The highest BCUT2D eigenvalue weighted by molar-refractivity contribution is 5.77. The molecule has 0 radical (unpaired) electrons. The van der Waals surface area contributed by atoms with Gasteiger partial charge in [0.05, 0.1) is 11.8 Å². The topological polar surface area (TPSA) is 66.7 Å². The number of fused-ring (bicyclic) bond motifs is 1. The molecule has 0 aliphatic rings. The highest BCUT2D eigenvalue weighted by atomic mass is 16.3. The summed E-state index contributed by atoms with van der Waals surface area (Å²) in [5.41, 5.74) is 3.45. The van der Waals surface area contributed by atoms with Gasteiger partial charge in [0.25, 0.3) is 0 Å². The summed E-state index contributed by atoms with van der Waals surface area (Å²) in [6.45, 7) is 7.07. The number of H-pyrrole nitrogens is 1. The molecule has 2 heterocycles. The van der Waals surface area contributed by atoms with Crippen molar-refractivity contribution in [2.45, 2.75) is 27.3 Å². The monoisotopic (exact) mass is 270 g/mol. The number of aryl methyl sites for hydroxylation is 1. The number of benzene rings is 1. The molecule has 0 aliphatic carbocycles. The number of rotatable bonds is 3. The van der Waals surface area contributed by atoms with E-state index in [0.717, 1.165) is 23.3 Å². The van der Waals surface area contributed by atoms with Gasteiger partial charge < -0.3 is 10.1 Å². The maximum absolute atomic E-state index is 10.0. The van der Waals surface area contributed by atoms with Crippen LogP contribution in [-0.4, -0.2) is 24.9 Å². The number of nitrogens with one attached hydrogen (secondary N) is 1. The highest BCUT2D eigenvalue weighted by Gasteiger charge is 2.13. The molecule has 2 N–H and O–H groups in total. The Balaban J connectivity index is 2.06. The standard InChI is InChI=1S/C15H18N4O/c1-9(2)8-19-15-12(7-16-19)17-14(18-15)11-5-4-10(3)6-13(11)20/h4-7,9,20H,8H2,1-3H3,(H,17,18). The molecule has 1 aromatic carbocycles. The van der Waals surface area contributed by atoms with E-state index in [0.29, 0.717) is 17.3 Å². The van der Waals surface area contributed by atoms with Crippen molar-refractivity contribution >= 4 is 11.2 Å². The number of hydrogen-bond donors (Lipinski definition) is 2. The number of phenols is 1. The molecule has 0 saturated heterocycles. The Morgan fingerprint density at radius 3 is 2.85 bits per heavy atom. The molecule has 0 saturated carbocycles. The number of aromatic amines is 1. The third-order valence-electron chi connectivity index (χ3n) is 3.23. The van der Waals surface area contributed by atoms with Crippen LogP contribution in [0, 0.1) is 12.8 Å². The summed E-state index contributed by atoms with van der Waals surface area (Å²) in [5.74, 6) is 1.42. The third kappa shape index (κ3) is 2.15. The largest absolute Gasteiger partial charge is 0.507 e. The normalized spacial score (nSPS) is 11.6. The second kappa shape index (κ2) is 4.67. The van der Waals surface area contributed by atoms with Crippen molar-refractivity contribution in [3.8, 4) is 17.1 Å². The molecule has 0 spiro atoms. The van der Waals surface area contributed by atoms with Crippen LogP contribution >= 0.6 is 0 Å². The van der Waals surface area contributed by atoms with Crippen molar-refractivity contribution < 1.29 is 5.11 Å². The predicted octanol–water partition coefficient (Wildman–Crippen LogP) is 3.10. The predicted molar refractivity (Wildman–Crippen MR) is 78.6 cm³/mol. The first-order valence-electron chi connectivity index (χ1n) is 6.76. The second-order valence-electron chi connectivity index (χ2n) is 5.56. The van der Waals surface area contributed by atoms with Crippen LogP contribution in [0.1, 0.15) is 19.4 Å². The molecule has 0 amide bonds. The number of nitrogens with zero attached hydrogens (tertiary/aromatic N) is 3. The summed E-state index contributed by atoms with van der Waals surface area (Å²) in [7, 11) is 0. The fraction of sp³-hybridized carbons (Fsp3) is 0.333. The van der Waals surface area contributed by atoms with Crippen molar-refractivity contribution in [3.63, 3.8) is 0 Å². The van der Waals surface area contributed by atoms with Crippen LogP contribution in [0.15, 0.2) is 24.4 Å². The van der Waals surface area contributed by atoms with Gasteiger partial charge in [-0.1, -0.05) is 19.9 Å². The van der Waals surface area contributed by atoms with E-state index in [4.69, 9.17) is 0 Å². The Morgan fingerprint density at radius 1 is 1.35 bits per heavy atom. The van der Waals surface area contributed by atoms with Crippen molar-refractivity contribution in [1.82, 2.24) is 19.7 Å². The zero-order chi connectivity index (χ0) is 14.3. The molecule has 20 heavy (non-hydrogen) atoms. The van der Waals surface area contributed by atoms with Gasteiger partial charge in [-0.25, -0.2) is 9.67 Å².